The maximum Gasteiger partial charge on any atom is 0.254 e. The van der Waals surface area contributed by atoms with Crippen LogP contribution in [0.3, 0.4) is 0 Å². The molecule has 1 aliphatic heterocycles. The van der Waals surface area contributed by atoms with Crippen LogP contribution in [0.15, 0.2) is 42.5 Å². The van der Waals surface area contributed by atoms with Crippen molar-refractivity contribution in [1.82, 2.24) is 15.2 Å². The Morgan fingerprint density at radius 3 is 2.33 bits per heavy atom. The first-order valence-corrected chi connectivity index (χ1v) is 16.3. The third-order valence-electron chi connectivity index (χ3n) is 6.08. The van der Waals surface area contributed by atoms with Crippen molar-refractivity contribution in [3.8, 4) is 11.1 Å². The number of nitrogens with two attached hydrogens (primary N) is 2. The summed E-state index contributed by atoms with van der Waals surface area (Å²) >= 11 is 1.05. The van der Waals surface area contributed by atoms with Crippen LogP contribution in [0.5, 0.6) is 0 Å². The van der Waals surface area contributed by atoms with Crippen molar-refractivity contribution in [2.45, 2.75) is 5.25 Å². The molecule has 39 heavy (non-hydrogen) atoms. The Balaban J connectivity index is 1.59. The van der Waals surface area contributed by atoms with Crippen molar-refractivity contribution in [3.05, 3.63) is 53.0 Å². The second-order valence-electron chi connectivity index (χ2n) is 8.91. The highest BCUT2D eigenvalue weighted by atomic mass is 32.2. The van der Waals surface area contributed by atoms with Crippen molar-refractivity contribution in [3.63, 3.8) is 0 Å². The van der Waals surface area contributed by atoms with E-state index < -0.39 is 42.5 Å². The van der Waals surface area contributed by atoms with Gasteiger partial charge < -0.3 is 20.7 Å². The highest BCUT2D eigenvalue weighted by Gasteiger charge is 2.36. The van der Waals surface area contributed by atoms with Gasteiger partial charge in [-0.05, 0) is 35.4 Å². The third kappa shape index (κ3) is 7.17. The number of sulfonamides is 1. The van der Waals surface area contributed by atoms with E-state index in [1.807, 2.05) is 24.3 Å². The molecule has 1 aromatic heterocycles. The monoisotopic (exact) mass is 595 g/mol. The Morgan fingerprint density at radius 1 is 1.03 bits per heavy atom. The minimum absolute atomic E-state index is 0.0511. The molecule has 0 spiro atoms. The zero-order valence-corrected chi connectivity index (χ0v) is 23.4. The Kier molecular flexibility index (Phi) is 8.98. The van der Waals surface area contributed by atoms with Gasteiger partial charge in [0.15, 0.2) is 15.1 Å². The molecule has 4 rings (SSSR count). The quantitative estimate of drug-likeness (QED) is 0.295. The summed E-state index contributed by atoms with van der Waals surface area (Å²) in [6.07, 6.45) is 0. The number of carbonyl (C=O) groups excluding carboxylic acids is 2. The molecule has 5 N–H and O–H groups in total. The second-order valence-corrected chi connectivity index (χ2v) is 13.9. The zero-order valence-electron chi connectivity index (χ0n) is 20.9. The molecule has 1 aliphatic rings. The number of nitrogens with one attached hydrogen (secondary N) is 1. The van der Waals surface area contributed by atoms with Crippen LogP contribution in [-0.2, 0) is 29.4 Å². The minimum atomic E-state index is -4.04. The summed E-state index contributed by atoms with van der Waals surface area (Å²) in [5.74, 6) is -1.94. The number of hydrogen-bond acceptors (Lipinski definition) is 10. The molecule has 2 aromatic carbocycles. The minimum Gasteiger partial charge on any atom is -0.378 e. The van der Waals surface area contributed by atoms with Gasteiger partial charge in [-0.25, -0.2) is 27.0 Å². The van der Waals surface area contributed by atoms with Gasteiger partial charge in [-0.1, -0.05) is 18.2 Å². The topological polar surface area (TPSA) is 192 Å². The standard InChI is InChI=1S/C24H29N5O7S3/c25-7-13-38(32,33)21(22(30)27-8-14-39(26,34)35)23-28-19-6-5-18(15-20(19)37-23)16-1-3-17(4-2-16)24(31)29-9-11-36-12-10-29/h1-6,15,21H,7-14,25H2,(H,27,30)(H2,26,34,35). The molecule has 1 unspecified atom stereocenters. The zero-order chi connectivity index (χ0) is 28.2. The summed E-state index contributed by atoms with van der Waals surface area (Å²) in [4.78, 5) is 31.8. The molecule has 0 aliphatic carbocycles. The SMILES string of the molecule is NCCS(=O)(=O)C(C(=O)NCCS(N)(=O)=O)c1nc2ccc(-c3ccc(C(=O)N4CCOCC4)cc3)cc2s1. The predicted octanol–water partition coefficient (Wildman–Crippen LogP) is 0.255. The number of thiazole rings is 1. The molecule has 210 valence electrons. The number of carbonyl (C=O) groups is 2. The first kappa shape index (κ1) is 29.0. The fraction of sp³-hybridized carbons (Fsp3) is 0.375. The Hall–Kier alpha value is -2.95. The molecule has 1 fully saturated rings. The van der Waals surface area contributed by atoms with Crippen molar-refractivity contribution in [2.24, 2.45) is 10.9 Å². The molecule has 0 bridgehead atoms. The van der Waals surface area contributed by atoms with Gasteiger partial charge in [0.1, 0.15) is 5.01 Å². The van der Waals surface area contributed by atoms with Gasteiger partial charge in [0.2, 0.25) is 15.9 Å². The number of benzene rings is 2. The van der Waals surface area contributed by atoms with E-state index >= 15 is 0 Å². The van der Waals surface area contributed by atoms with E-state index in [4.69, 9.17) is 15.6 Å². The van der Waals surface area contributed by atoms with Crippen molar-refractivity contribution < 1.29 is 31.2 Å². The summed E-state index contributed by atoms with van der Waals surface area (Å²) in [5, 5.41) is 5.70. The van der Waals surface area contributed by atoms with E-state index in [0.717, 1.165) is 22.5 Å². The van der Waals surface area contributed by atoms with Gasteiger partial charge in [0.05, 0.1) is 34.9 Å². The summed E-state index contributed by atoms with van der Waals surface area (Å²) in [7, 11) is -7.88. The Labute approximate surface area is 230 Å². The highest BCUT2D eigenvalue weighted by molar-refractivity contribution is 7.92. The lowest BCUT2D eigenvalue weighted by Crippen LogP contribution is -2.40. The molecule has 2 heterocycles. The molecular weight excluding hydrogens is 566 g/mol. The van der Waals surface area contributed by atoms with Crippen molar-refractivity contribution in [1.29, 1.82) is 0 Å². The number of ether oxygens (including phenoxy) is 1. The van der Waals surface area contributed by atoms with Gasteiger partial charge in [-0.2, -0.15) is 0 Å². The summed E-state index contributed by atoms with van der Waals surface area (Å²) in [5.41, 5.74) is 8.21. The third-order valence-corrected chi connectivity index (χ3v) is 10.0. The van der Waals surface area contributed by atoms with Crippen molar-refractivity contribution >= 4 is 53.2 Å². The van der Waals surface area contributed by atoms with E-state index in [2.05, 4.69) is 10.3 Å². The van der Waals surface area contributed by atoms with Crippen LogP contribution in [0.1, 0.15) is 20.6 Å². The molecule has 15 heteroatoms. The summed E-state index contributed by atoms with van der Waals surface area (Å²) in [6.45, 7) is 1.61. The fourth-order valence-electron chi connectivity index (χ4n) is 4.11. The first-order valence-electron chi connectivity index (χ1n) is 12.1. The number of fused-ring (bicyclic) bond motifs is 1. The molecule has 1 atom stereocenters. The van der Waals surface area contributed by atoms with Crippen LogP contribution >= 0.6 is 11.3 Å². The number of rotatable bonds is 10. The normalized spacial score (nSPS) is 15.3. The van der Waals surface area contributed by atoms with Crippen LogP contribution in [0, 0.1) is 0 Å². The average molecular weight is 596 g/mol. The number of primary sulfonamides is 1. The van der Waals surface area contributed by atoms with Gasteiger partial charge >= 0.3 is 0 Å². The maximum absolute atomic E-state index is 12.9. The van der Waals surface area contributed by atoms with E-state index in [0.29, 0.717) is 42.1 Å². The molecule has 12 nitrogen and oxygen atoms in total. The van der Waals surface area contributed by atoms with E-state index in [-0.39, 0.29) is 24.0 Å². The lowest BCUT2D eigenvalue weighted by atomic mass is 10.0. The number of aromatic nitrogens is 1. The summed E-state index contributed by atoms with van der Waals surface area (Å²) in [6, 6.07) is 12.6. The number of sulfone groups is 1. The molecule has 0 saturated carbocycles. The second kappa shape index (κ2) is 12.1. The van der Waals surface area contributed by atoms with Crippen LogP contribution < -0.4 is 16.2 Å². The smallest absolute Gasteiger partial charge is 0.254 e. The highest BCUT2D eigenvalue weighted by Crippen LogP contribution is 2.34. The Morgan fingerprint density at radius 2 is 1.69 bits per heavy atom. The number of hydrogen-bond donors (Lipinski definition) is 3. The molecule has 2 amide bonds. The first-order chi connectivity index (χ1) is 18.5. The molecule has 3 aromatic rings. The van der Waals surface area contributed by atoms with Gasteiger partial charge in [0, 0.05) is 31.7 Å². The van der Waals surface area contributed by atoms with Gasteiger partial charge in [-0.3, -0.25) is 9.59 Å². The number of amides is 2. The fourth-order valence-corrected chi connectivity index (χ4v) is 7.40. The largest absolute Gasteiger partial charge is 0.378 e. The lowest BCUT2D eigenvalue weighted by molar-refractivity contribution is -0.120. The average Bonchev–Trinajstić information content (AvgIpc) is 3.30. The van der Waals surface area contributed by atoms with Gasteiger partial charge in [0.25, 0.3) is 5.91 Å². The number of morpholine rings is 1. The van der Waals surface area contributed by atoms with Crippen LogP contribution in [-0.4, -0.2) is 89.4 Å². The summed E-state index contributed by atoms with van der Waals surface area (Å²) < 4.78 is 54.2. The van der Waals surface area contributed by atoms with Gasteiger partial charge in [-0.15, -0.1) is 11.3 Å². The van der Waals surface area contributed by atoms with Crippen LogP contribution in [0.2, 0.25) is 0 Å². The van der Waals surface area contributed by atoms with Crippen LogP contribution in [0.4, 0.5) is 0 Å². The maximum atomic E-state index is 12.9. The predicted molar refractivity (Wildman–Crippen MR) is 148 cm³/mol. The van der Waals surface area contributed by atoms with E-state index in [9.17, 15) is 26.4 Å². The molecule has 1 saturated heterocycles. The molecule has 0 radical (unpaired) electrons. The van der Waals surface area contributed by atoms with Crippen LogP contribution in [0.25, 0.3) is 21.3 Å². The van der Waals surface area contributed by atoms with Crippen molar-refractivity contribution in [2.75, 3.05) is 50.9 Å². The lowest BCUT2D eigenvalue weighted by Gasteiger charge is -2.26. The molecular formula is C24H29N5O7S3. The Bertz CT molecular complexity index is 1570. The van der Waals surface area contributed by atoms with E-state index in [1.165, 1.54) is 0 Å². The van der Waals surface area contributed by atoms with E-state index in [1.54, 1.807) is 23.1 Å². The number of nitrogens with zero attached hydrogens (tertiary/aromatic N) is 2.